The van der Waals surface area contributed by atoms with E-state index < -0.39 is 0 Å². The largest absolute Gasteiger partial charge is 0.326 e. The van der Waals surface area contributed by atoms with Crippen LogP contribution < -0.4 is 5.73 Å². The van der Waals surface area contributed by atoms with Gasteiger partial charge in [-0.05, 0) is 31.2 Å². The summed E-state index contributed by atoms with van der Waals surface area (Å²) < 4.78 is 0. The van der Waals surface area contributed by atoms with Gasteiger partial charge in [0.15, 0.2) is 0 Å². The molecule has 0 radical (unpaired) electrons. The number of hydrogen-bond donors (Lipinski definition) is 1. The second-order valence-electron chi connectivity index (χ2n) is 5.93. The van der Waals surface area contributed by atoms with Gasteiger partial charge in [0.1, 0.15) is 0 Å². The fourth-order valence-electron chi connectivity index (χ4n) is 3.21. The van der Waals surface area contributed by atoms with Crippen LogP contribution in [-0.4, -0.2) is 23.0 Å². The molecule has 2 rings (SSSR count). The monoisotopic (exact) mass is 246 g/mol. The maximum atomic E-state index is 6.38. The summed E-state index contributed by atoms with van der Waals surface area (Å²) in [7, 11) is 0. The first-order valence-corrected chi connectivity index (χ1v) is 7.07. The Kier molecular flexibility index (Phi) is 4.08. The molecule has 0 aliphatic carbocycles. The van der Waals surface area contributed by atoms with E-state index >= 15 is 0 Å². The predicted octanol–water partition coefficient (Wildman–Crippen LogP) is 2.88. The molecule has 5 atom stereocenters. The van der Waals surface area contributed by atoms with Gasteiger partial charge in [0, 0.05) is 24.7 Å². The quantitative estimate of drug-likeness (QED) is 0.869. The second-order valence-corrected chi connectivity index (χ2v) is 5.93. The molecule has 0 bridgehead atoms. The van der Waals surface area contributed by atoms with Crippen LogP contribution >= 0.6 is 0 Å². The van der Waals surface area contributed by atoms with Crippen LogP contribution in [0.25, 0.3) is 0 Å². The van der Waals surface area contributed by atoms with Crippen LogP contribution in [0.2, 0.25) is 0 Å². The molecule has 1 aliphatic rings. The van der Waals surface area contributed by atoms with E-state index in [4.69, 9.17) is 5.73 Å². The topological polar surface area (TPSA) is 29.3 Å². The highest BCUT2D eigenvalue weighted by Gasteiger charge is 2.39. The molecule has 1 aromatic carbocycles. The number of rotatable bonds is 2. The number of nitrogens with zero attached hydrogens (tertiary/aromatic N) is 1. The van der Waals surface area contributed by atoms with E-state index in [-0.39, 0.29) is 6.04 Å². The molecular formula is C16H26N2. The number of piperidine rings is 1. The Morgan fingerprint density at radius 2 is 1.56 bits per heavy atom. The SMILES string of the molecule is C[C@@H]1[C@H](C)[C@H](C)N(Cc2ccccc2)[C@H](C)[C@@H]1N. The molecule has 1 saturated heterocycles. The summed E-state index contributed by atoms with van der Waals surface area (Å²) in [4.78, 5) is 2.56. The Labute approximate surface area is 111 Å². The van der Waals surface area contributed by atoms with E-state index in [1.807, 2.05) is 0 Å². The molecule has 0 aromatic heterocycles. The molecule has 2 N–H and O–H groups in total. The van der Waals surface area contributed by atoms with Crippen molar-refractivity contribution in [3.8, 4) is 0 Å². The molecular weight excluding hydrogens is 220 g/mol. The fraction of sp³-hybridized carbons (Fsp3) is 0.625. The third kappa shape index (κ3) is 2.45. The van der Waals surface area contributed by atoms with Crippen molar-refractivity contribution in [2.24, 2.45) is 17.6 Å². The third-order valence-corrected chi connectivity index (χ3v) is 5.01. The third-order valence-electron chi connectivity index (χ3n) is 5.01. The van der Waals surface area contributed by atoms with E-state index in [0.717, 1.165) is 6.54 Å². The highest BCUT2D eigenvalue weighted by Crippen LogP contribution is 2.32. The van der Waals surface area contributed by atoms with Gasteiger partial charge >= 0.3 is 0 Å². The molecule has 2 nitrogen and oxygen atoms in total. The van der Waals surface area contributed by atoms with Crippen molar-refractivity contribution in [3.05, 3.63) is 35.9 Å². The first kappa shape index (κ1) is 13.6. The number of likely N-dealkylation sites (tertiary alicyclic amines) is 1. The summed E-state index contributed by atoms with van der Waals surface area (Å²) in [6.45, 7) is 10.2. The molecule has 18 heavy (non-hydrogen) atoms. The summed E-state index contributed by atoms with van der Waals surface area (Å²) in [6, 6.07) is 12.0. The molecule has 0 amide bonds. The average Bonchev–Trinajstić information content (AvgIpc) is 2.40. The van der Waals surface area contributed by atoms with Crippen molar-refractivity contribution in [3.63, 3.8) is 0 Å². The van der Waals surface area contributed by atoms with Crippen LogP contribution in [0.1, 0.15) is 33.3 Å². The summed E-state index contributed by atoms with van der Waals surface area (Å²) in [5, 5.41) is 0. The van der Waals surface area contributed by atoms with Crippen LogP contribution in [0.15, 0.2) is 30.3 Å². The van der Waals surface area contributed by atoms with Gasteiger partial charge < -0.3 is 5.73 Å². The number of nitrogens with two attached hydrogens (primary N) is 1. The Morgan fingerprint density at radius 3 is 2.17 bits per heavy atom. The van der Waals surface area contributed by atoms with Crippen LogP contribution in [0.4, 0.5) is 0 Å². The van der Waals surface area contributed by atoms with Crippen molar-refractivity contribution in [1.29, 1.82) is 0 Å². The van der Waals surface area contributed by atoms with Gasteiger partial charge in [0.25, 0.3) is 0 Å². The van der Waals surface area contributed by atoms with Crippen LogP contribution in [0.3, 0.4) is 0 Å². The van der Waals surface area contributed by atoms with E-state index in [9.17, 15) is 0 Å². The number of benzene rings is 1. The Balaban J connectivity index is 2.16. The van der Waals surface area contributed by atoms with Crippen molar-refractivity contribution in [1.82, 2.24) is 4.90 Å². The molecule has 1 fully saturated rings. The summed E-state index contributed by atoms with van der Waals surface area (Å²) in [6.07, 6.45) is 0. The molecule has 0 spiro atoms. The zero-order chi connectivity index (χ0) is 13.3. The lowest BCUT2D eigenvalue weighted by Crippen LogP contribution is -2.60. The van der Waals surface area contributed by atoms with E-state index in [0.29, 0.717) is 23.9 Å². The first-order chi connectivity index (χ1) is 8.52. The average molecular weight is 246 g/mol. The lowest BCUT2D eigenvalue weighted by molar-refractivity contribution is 0.00745. The fourth-order valence-corrected chi connectivity index (χ4v) is 3.21. The molecule has 100 valence electrons. The van der Waals surface area contributed by atoms with Gasteiger partial charge in [-0.2, -0.15) is 0 Å². The lowest BCUT2D eigenvalue weighted by Gasteiger charge is -2.49. The normalized spacial score (nSPS) is 37.7. The summed E-state index contributed by atoms with van der Waals surface area (Å²) in [5.74, 6) is 1.25. The van der Waals surface area contributed by atoms with Crippen molar-refractivity contribution >= 4 is 0 Å². The minimum absolute atomic E-state index is 0.278. The Hall–Kier alpha value is -0.860. The summed E-state index contributed by atoms with van der Waals surface area (Å²) in [5.41, 5.74) is 7.76. The van der Waals surface area contributed by atoms with E-state index in [1.54, 1.807) is 0 Å². The van der Waals surface area contributed by atoms with Crippen molar-refractivity contribution < 1.29 is 0 Å². The van der Waals surface area contributed by atoms with Crippen LogP contribution in [0, 0.1) is 11.8 Å². The standard InChI is InChI=1S/C16H26N2/c1-11-12(2)16(17)14(4)18(13(11)3)10-15-8-6-5-7-9-15/h5-9,11-14,16H,10,17H2,1-4H3/t11-,12+,13-,14+,16+/m0/s1. The molecule has 1 aromatic rings. The smallest absolute Gasteiger partial charge is 0.0240 e. The van der Waals surface area contributed by atoms with Crippen molar-refractivity contribution in [2.75, 3.05) is 0 Å². The zero-order valence-corrected chi connectivity index (χ0v) is 12.0. The molecule has 2 heteroatoms. The minimum Gasteiger partial charge on any atom is -0.326 e. The number of hydrogen-bond acceptors (Lipinski definition) is 2. The van der Waals surface area contributed by atoms with Gasteiger partial charge in [-0.15, -0.1) is 0 Å². The van der Waals surface area contributed by atoms with E-state index in [1.165, 1.54) is 5.56 Å². The molecule has 0 saturated carbocycles. The second kappa shape index (κ2) is 5.41. The van der Waals surface area contributed by atoms with Gasteiger partial charge in [-0.25, -0.2) is 0 Å². The Morgan fingerprint density at radius 1 is 0.944 bits per heavy atom. The lowest BCUT2D eigenvalue weighted by atomic mass is 9.76. The summed E-state index contributed by atoms with van der Waals surface area (Å²) >= 11 is 0. The minimum atomic E-state index is 0.278. The van der Waals surface area contributed by atoms with Gasteiger partial charge in [0.2, 0.25) is 0 Å². The maximum Gasteiger partial charge on any atom is 0.0240 e. The van der Waals surface area contributed by atoms with Crippen LogP contribution in [-0.2, 0) is 6.54 Å². The van der Waals surface area contributed by atoms with Gasteiger partial charge in [0.05, 0.1) is 0 Å². The first-order valence-electron chi connectivity index (χ1n) is 7.07. The highest BCUT2D eigenvalue weighted by molar-refractivity contribution is 5.15. The maximum absolute atomic E-state index is 6.38. The van der Waals surface area contributed by atoms with Crippen LogP contribution in [0.5, 0.6) is 0 Å². The predicted molar refractivity (Wildman–Crippen MR) is 77.2 cm³/mol. The Bertz CT molecular complexity index is 360. The van der Waals surface area contributed by atoms with E-state index in [2.05, 4.69) is 62.9 Å². The zero-order valence-electron chi connectivity index (χ0n) is 12.0. The van der Waals surface area contributed by atoms with Crippen molar-refractivity contribution in [2.45, 2.75) is 52.4 Å². The molecule has 1 aliphatic heterocycles. The van der Waals surface area contributed by atoms with Gasteiger partial charge in [-0.1, -0.05) is 44.2 Å². The molecule has 1 heterocycles. The van der Waals surface area contributed by atoms with Gasteiger partial charge in [-0.3, -0.25) is 4.90 Å². The highest BCUT2D eigenvalue weighted by atomic mass is 15.2. The molecule has 0 unspecified atom stereocenters.